The highest BCUT2D eigenvalue weighted by Crippen LogP contribution is 2.25. The molecule has 0 bridgehead atoms. The monoisotopic (exact) mass is 357 g/mol. The van der Waals surface area contributed by atoms with Crippen molar-refractivity contribution in [2.75, 3.05) is 11.9 Å². The van der Waals surface area contributed by atoms with Gasteiger partial charge in [-0.3, -0.25) is 4.79 Å². The van der Waals surface area contributed by atoms with Gasteiger partial charge in [0.1, 0.15) is 6.33 Å². The molecule has 2 aromatic rings. The Bertz CT molecular complexity index is 659. The molecule has 0 aliphatic carbocycles. The number of aromatic nitrogens is 3. The van der Waals surface area contributed by atoms with Crippen molar-refractivity contribution in [3.05, 3.63) is 41.5 Å². The van der Waals surface area contributed by atoms with Crippen LogP contribution in [-0.2, 0) is 19.5 Å². The number of nitrogens with one attached hydrogen (secondary N) is 2. The smallest absolute Gasteiger partial charge is 0.252 e. The van der Waals surface area contributed by atoms with Gasteiger partial charge in [0.2, 0.25) is 0 Å². The predicted octanol–water partition coefficient (Wildman–Crippen LogP) is 2.43. The average molecular weight is 358 g/mol. The molecular formula is C15H21Cl2N5O. The fourth-order valence-corrected chi connectivity index (χ4v) is 2.66. The molecule has 1 aromatic carbocycles. The number of nitrogens with zero attached hydrogens (tertiary/aromatic N) is 3. The molecule has 126 valence electrons. The van der Waals surface area contributed by atoms with Crippen molar-refractivity contribution in [3.8, 4) is 0 Å². The van der Waals surface area contributed by atoms with Crippen molar-refractivity contribution in [1.29, 1.82) is 0 Å². The van der Waals surface area contributed by atoms with E-state index in [1.807, 2.05) is 29.7 Å². The number of hydrogen-bond acceptors (Lipinski definition) is 4. The highest BCUT2D eigenvalue weighted by molar-refractivity contribution is 5.97. The van der Waals surface area contributed by atoms with E-state index in [9.17, 15) is 4.79 Å². The zero-order valence-electron chi connectivity index (χ0n) is 12.9. The predicted molar refractivity (Wildman–Crippen MR) is 94.6 cm³/mol. The van der Waals surface area contributed by atoms with Crippen molar-refractivity contribution < 1.29 is 4.79 Å². The second kappa shape index (κ2) is 8.74. The molecule has 1 amide bonds. The SMILES string of the molecule is CCn1cnnc1CNC(=O)c1cccc2c1CCCN2.Cl.Cl. The van der Waals surface area contributed by atoms with Crippen molar-refractivity contribution in [1.82, 2.24) is 20.1 Å². The summed E-state index contributed by atoms with van der Waals surface area (Å²) < 4.78 is 1.92. The molecule has 1 aromatic heterocycles. The number of anilines is 1. The largest absolute Gasteiger partial charge is 0.385 e. The molecule has 1 aliphatic heterocycles. The van der Waals surface area contributed by atoms with Gasteiger partial charge >= 0.3 is 0 Å². The van der Waals surface area contributed by atoms with E-state index < -0.39 is 0 Å². The maximum atomic E-state index is 12.4. The lowest BCUT2D eigenvalue weighted by atomic mass is 9.97. The van der Waals surface area contributed by atoms with E-state index >= 15 is 0 Å². The summed E-state index contributed by atoms with van der Waals surface area (Å²) in [6, 6.07) is 5.82. The fourth-order valence-electron chi connectivity index (χ4n) is 2.66. The minimum Gasteiger partial charge on any atom is -0.385 e. The van der Waals surface area contributed by atoms with Gasteiger partial charge in [-0.05, 0) is 37.5 Å². The number of fused-ring (bicyclic) bond motifs is 1. The van der Waals surface area contributed by atoms with Crippen LogP contribution in [0, 0.1) is 0 Å². The van der Waals surface area contributed by atoms with Gasteiger partial charge in [-0.15, -0.1) is 35.0 Å². The molecule has 0 radical (unpaired) electrons. The number of carbonyl (C=O) groups excluding carboxylic acids is 1. The van der Waals surface area contributed by atoms with Crippen molar-refractivity contribution in [3.63, 3.8) is 0 Å². The highest BCUT2D eigenvalue weighted by Gasteiger charge is 2.17. The number of halogens is 2. The lowest BCUT2D eigenvalue weighted by molar-refractivity contribution is 0.0948. The Hall–Kier alpha value is -1.79. The van der Waals surface area contributed by atoms with Gasteiger partial charge in [0, 0.05) is 24.3 Å². The zero-order valence-corrected chi connectivity index (χ0v) is 14.5. The molecule has 3 rings (SSSR count). The van der Waals surface area contributed by atoms with Gasteiger partial charge in [0.15, 0.2) is 5.82 Å². The average Bonchev–Trinajstić information content (AvgIpc) is 2.99. The van der Waals surface area contributed by atoms with Crippen LogP contribution < -0.4 is 10.6 Å². The molecular weight excluding hydrogens is 337 g/mol. The Morgan fingerprint density at radius 1 is 1.39 bits per heavy atom. The summed E-state index contributed by atoms with van der Waals surface area (Å²) in [6.45, 7) is 4.18. The molecule has 0 atom stereocenters. The van der Waals surface area contributed by atoms with Crippen LogP contribution >= 0.6 is 24.8 Å². The van der Waals surface area contributed by atoms with Gasteiger partial charge < -0.3 is 15.2 Å². The lowest BCUT2D eigenvalue weighted by Crippen LogP contribution is -2.27. The summed E-state index contributed by atoms with van der Waals surface area (Å²) in [5.74, 6) is 0.718. The number of benzene rings is 1. The Labute approximate surface area is 147 Å². The molecule has 0 unspecified atom stereocenters. The first-order chi connectivity index (χ1) is 10.3. The van der Waals surface area contributed by atoms with E-state index in [-0.39, 0.29) is 30.7 Å². The van der Waals surface area contributed by atoms with E-state index in [0.29, 0.717) is 6.54 Å². The fraction of sp³-hybridized carbons (Fsp3) is 0.400. The second-order valence-corrected chi connectivity index (χ2v) is 5.08. The van der Waals surface area contributed by atoms with Crippen molar-refractivity contribution in [2.45, 2.75) is 32.9 Å². The van der Waals surface area contributed by atoms with E-state index in [1.54, 1.807) is 6.33 Å². The third-order valence-electron chi connectivity index (χ3n) is 3.78. The Kier molecular flexibility index (Phi) is 7.32. The molecule has 8 heteroatoms. The van der Waals surface area contributed by atoms with E-state index in [0.717, 1.165) is 48.6 Å². The van der Waals surface area contributed by atoms with Gasteiger partial charge in [0.05, 0.1) is 6.54 Å². The van der Waals surface area contributed by atoms with Crippen LogP contribution in [0.3, 0.4) is 0 Å². The number of hydrogen-bond donors (Lipinski definition) is 2. The first-order valence-electron chi connectivity index (χ1n) is 7.30. The van der Waals surface area contributed by atoms with Crippen LogP contribution in [-0.4, -0.2) is 27.2 Å². The van der Waals surface area contributed by atoms with Crippen molar-refractivity contribution in [2.24, 2.45) is 0 Å². The Balaban J connectivity index is 0.00000132. The third-order valence-corrected chi connectivity index (χ3v) is 3.78. The van der Waals surface area contributed by atoms with Crippen molar-refractivity contribution >= 4 is 36.4 Å². The summed E-state index contributed by atoms with van der Waals surface area (Å²) in [6.07, 6.45) is 3.67. The summed E-state index contributed by atoms with van der Waals surface area (Å²) in [7, 11) is 0. The van der Waals surface area contributed by atoms with E-state index in [1.165, 1.54) is 0 Å². The maximum absolute atomic E-state index is 12.4. The van der Waals surface area contributed by atoms with Crippen LogP contribution in [0.2, 0.25) is 0 Å². The molecule has 0 saturated carbocycles. The molecule has 0 fully saturated rings. The van der Waals surface area contributed by atoms with Gasteiger partial charge in [0.25, 0.3) is 5.91 Å². The number of amides is 1. The molecule has 2 heterocycles. The summed E-state index contributed by atoms with van der Waals surface area (Å²) in [5.41, 5.74) is 2.94. The number of carbonyl (C=O) groups is 1. The molecule has 1 aliphatic rings. The molecule has 23 heavy (non-hydrogen) atoms. The van der Waals surface area contributed by atoms with Crippen LogP contribution in [0.15, 0.2) is 24.5 Å². The quantitative estimate of drug-likeness (QED) is 0.881. The number of aryl methyl sites for hydroxylation is 1. The van der Waals surface area contributed by atoms with Gasteiger partial charge in [-0.25, -0.2) is 0 Å². The van der Waals surface area contributed by atoms with Crippen LogP contribution in [0.5, 0.6) is 0 Å². The van der Waals surface area contributed by atoms with Gasteiger partial charge in [-0.2, -0.15) is 0 Å². The topological polar surface area (TPSA) is 71.8 Å². The standard InChI is InChI=1S/C15H19N5O.2ClH/c1-2-20-10-18-19-14(20)9-17-15(21)12-5-3-7-13-11(12)6-4-8-16-13;;/h3,5,7,10,16H,2,4,6,8-9H2,1H3,(H,17,21);2*1H. The summed E-state index contributed by atoms with van der Waals surface area (Å²) in [5, 5.41) is 14.2. The minimum absolute atomic E-state index is 0. The number of rotatable bonds is 4. The van der Waals surface area contributed by atoms with Crippen LogP contribution in [0.1, 0.15) is 35.1 Å². The second-order valence-electron chi connectivity index (χ2n) is 5.08. The third kappa shape index (κ3) is 4.14. The first kappa shape index (κ1) is 19.3. The summed E-state index contributed by atoms with van der Waals surface area (Å²) in [4.78, 5) is 12.4. The highest BCUT2D eigenvalue weighted by atomic mass is 35.5. The van der Waals surface area contributed by atoms with Gasteiger partial charge in [-0.1, -0.05) is 6.07 Å². The molecule has 6 nitrogen and oxygen atoms in total. The molecule has 2 N–H and O–H groups in total. The molecule has 0 saturated heterocycles. The van der Waals surface area contributed by atoms with Crippen LogP contribution in [0.4, 0.5) is 5.69 Å². The van der Waals surface area contributed by atoms with E-state index in [4.69, 9.17) is 0 Å². The Morgan fingerprint density at radius 3 is 3.00 bits per heavy atom. The normalized spacial score (nSPS) is 12.2. The molecule has 0 spiro atoms. The van der Waals surface area contributed by atoms with E-state index in [2.05, 4.69) is 20.8 Å². The lowest BCUT2D eigenvalue weighted by Gasteiger charge is -2.20. The summed E-state index contributed by atoms with van der Waals surface area (Å²) >= 11 is 0. The first-order valence-corrected chi connectivity index (χ1v) is 7.30. The van der Waals surface area contributed by atoms with Crippen LogP contribution in [0.25, 0.3) is 0 Å². The maximum Gasteiger partial charge on any atom is 0.252 e. The Morgan fingerprint density at radius 2 is 2.22 bits per heavy atom. The minimum atomic E-state index is -0.0544. The zero-order chi connectivity index (χ0) is 14.7.